The fraction of sp³-hybridized carbons (Fsp3) is 0.484. The Morgan fingerprint density at radius 2 is 1.77 bits per heavy atom. The minimum atomic E-state index is -4.15. The number of carbonyl (C=O) groups excluding carboxylic acids is 1. The van der Waals surface area contributed by atoms with E-state index in [-0.39, 0.29) is 24.8 Å². The van der Waals surface area contributed by atoms with Crippen molar-refractivity contribution < 1.29 is 31.5 Å². The minimum Gasteiger partial charge on any atom is -0.462 e. The topological polar surface area (TPSA) is 53.8 Å². The van der Waals surface area contributed by atoms with E-state index in [1.807, 2.05) is 47.4 Å². The molecule has 0 aliphatic carbocycles. The van der Waals surface area contributed by atoms with Crippen LogP contribution >= 0.6 is 11.6 Å². The summed E-state index contributed by atoms with van der Waals surface area (Å²) in [7, 11) is 0. The highest BCUT2D eigenvalue weighted by Gasteiger charge is 2.32. The number of piperidine rings is 1. The zero-order chi connectivity index (χ0) is 31.4. The van der Waals surface area contributed by atoms with E-state index in [4.69, 9.17) is 16.3 Å². The maximum absolute atomic E-state index is 14.2. The van der Waals surface area contributed by atoms with Gasteiger partial charge in [0.2, 0.25) is 0 Å². The summed E-state index contributed by atoms with van der Waals surface area (Å²) in [6, 6.07) is 13.3. The summed E-state index contributed by atoms with van der Waals surface area (Å²) < 4.78 is 72.3. The average Bonchev–Trinajstić information content (AvgIpc) is 3.46. The second-order valence-corrected chi connectivity index (χ2v) is 11.5. The molecule has 7 nitrogen and oxygen atoms in total. The van der Waals surface area contributed by atoms with Gasteiger partial charge < -0.3 is 14.5 Å². The second kappa shape index (κ2) is 13.7. The number of hydrogen-bond donors (Lipinski definition) is 0. The van der Waals surface area contributed by atoms with Gasteiger partial charge >= 0.3 is 12.1 Å². The lowest BCUT2D eigenvalue weighted by molar-refractivity contribution is -0.138. The zero-order valence-electron chi connectivity index (χ0n) is 24.4. The van der Waals surface area contributed by atoms with Crippen LogP contribution in [0.3, 0.4) is 0 Å². The first-order valence-corrected chi connectivity index (χ1v) is 15.1. The Bertz CT molecular complexity index is 1420. The summed E-state index contributed by atoms with van der Waals surface area (Å²) in [5.74, 6) is -0.814. The van der Waals surface area contributed by atoms with Crippen molar-refractivity contribution in [3.8, 4) is 11.1 Å². The van der Waals surface area contributed by atoms with Crippen LogP contribution in [0.2, 0.25) is 5.02 Å². The van der Waals surface area contributed by atoms with Crippen LogP contribution in [0, 0.1) is 0 Å². The van der Waals surface area contributed by atoms with Crippen molar-refractivity contribution in [3.63, 3.8) is 0 Å². The fourth-order valence-electron chi connectivity index (χ4n) is 6.00. The molecule has 1 unspecified atom stereocenters. The number of carbonyl (C=O) groups is 1. The molecule has 238 valence electrons. The van der Waals surface area contributed by atoms with E-state index in [0.29, 0.717) is 50.7 Å². The Labute approximate surface area is 258 Å². The number of alkyl halides is 5. The number of ether oxygens (including phenoxy) is 1. The molecule has 2 aliphatic rings. The molecule has 0 N–H and O–H groups in total. The Morgan fingerprint density at radius 1 is 1.05 bits per heavy atom. The predicted octanol–water partition coefficient (Wildman–Crippen LogP) is 7.23. The molecule has 3 aromatic rings. The number of esters is 1. The van der Waals surface area contributed by atoms with Crippen LogP contribution in [0.15, 0.2) is 48.7 Å². The molecule has 0 saturated carbocycles. The third-order valence-corrected chi connectivity index (χ3v) is 8.44. The normalized spacial score (nSPS) is 18.2. The molecule has 44 heavy (non-hydrogen) atoms. The molecule has 2 fully saturated rings. The second-order valence-electron chi connectivity index (χ2n) is 11.1. The summed E-state index contributed by atoms with van der Waals surface area (Å²) >= 11 is 6.43. The molecular formula is C31H35ClF5N5O2. The lowest BCUT2D eigenvalue weighted by Gasteiger charge is -2.37. The molecule has 1 atom stereocenters. The zero-order valence-corrected chi connectivity index (χ0v) is 25.1. The predicted molar refractivity (Wildman–Crippen MR) is 160 cm³/mol. The molecule has 2 aliphatic heterocycles. The Kier molecular flexibility index (Phi) is 9.99. The third-order valence-electron chi connectivity index (χ3n) is 8.21. The van der Waals surface area contributed by atoms with Crippen LogP contribution in [0.25, 0.3) is 11.1 Å². The summed E-state index contributed by atoms with van der Waals surface area (Å²) in [4.78, 5) is 18.4. The molecule has 13 heteroatoms. The Balaban J connectivity index is 1.32. The van der Waals surface area contributed by atoms with Gasteiger partial charge in [0.1, 0.15) is 11.3 Å². The summed E-state index contributed by atoms with van der Waals surface area (Å²) in [5.41, 5.74) is 3.09. The number of anilines is 2. The van der Waals surface area contributed by atoms with Gasteiger partial charge in [0, 0.05) is 67.8 Å². The lowest BCUT2D eigenvalue weighted by Crippen LogP contribution is -2.47. The van der Waals surface area contributed by atoms with E-state index in [1.54, 1.807) is 6.92 Å². The molecular weight excluding hydrogens is 605 g/mol. The first kappa shape index (κ1) is 32.0. The van der Waals surface area contributed by atoms with Crippen LogP contribution in [0.4, 0.5) is 33.3 Å². The van der Waals surface area contributed by atoms with Crippen molar-refractivity contribution in [2.24, 2.45) is 0 Å². The Morgan fingerprint density at radius 3 is 2.43 bits per heavy atom. The quantitative estimate of drug-likeness (QED) is 0.182. The highest BCUT2D eigenvalue weighted by atomic mass is 35.5. The van der Waals surface area contributed by atoms with E-state index in [1.165, 1.54) is 4.68 Å². The molecule has 2 saturated heterocycles. The number of aromatic nitrogens is 2. The largest absolute Gasteiger partial charge is 0.462 e. The van der Waals surface area contributed by atoms with Crippen LogP contribution in [-0.2, 0) is 4.74 Å². The number of nitrogens with zero attached hydrogens (tertiary/aromatic N) is 5. The van der Waals surface area contributed by atoms with Gasteiger partial charge in [-0.2, -0.15) is 18.3 Å². The summed E-state index contributed by atoms with van der Waals surface area (Å²) in [6.45, 7) is 5.22. The van der Waals surface area contributed by atoms with E-state index in [2.05, 4.69) is 14.9 Å². The van der Waals surface area contributed by atoms with Gasteiger partial charge in [-0.05, 0) is 49.6 Å². The summed E-state index contributed by atoms with van der Waals surface area (Å²) in [5, 5.41) is 4.74. The van der Waals surface area contributed by atoms with Crippen molar-refractivity contribution in [2.45, 2.75) is 44.8 Å². The molecule has 0 bridgehead atoms. The summed E-state index contributed by atoms with van der Waals surface area (Å²) in [6.07, 6.45) is -5.34. The standard InChI is InChI=1S/C31H35ClF5N5O2/c1-2-44-30(43)26-19-38-42(28(26)29(33)34)24-4-3-12-41(20-24)27-18-22(32)7-10-25(27)21-5-8-23(9-6-21)40-16-14-39(15-17-40)13-11-31(35,36)37/h5-10,18-19,24,29H,2-4,11-17,20H2,1H3. The number of hydrogen-bond acceptors (Lipinski definition) is 6. The third kappa shape index (κ3) is 7.46. The average molecular weight is 640 g/mol. The van der Waals surface area contributed by atoms with Gasteiger partial charge in [-0.3, -0.25) is 9.58 Å². The van der Waals surface area contributed by atoms with E-state index in [0.717, 1.165) is 35.1 Å². The number of halogens is 6. The van der Waals surface area contributed by atoms with Crippen molar-refractivity contribution in [1.82, 2.24) is 14.7 Å². The SMILES string of the molecule is CCOC(=O)c1cnn(C2CCCN(c3cc(Cl)ccc3-c3ccc(N4CCN(CCC(F)(F)F)CC4)cc3)C2)c1C(F)F. The van der Waals surface area contributed by atoms with Crippen molar-refractivity contribution >= 4 is 28.9 Å². The van der Waals surface area contributed by atoms with Crippen molar-refractivity contribution in [2.75, 3.05) is 62.2 Å². The molecule has 0 amide bonds. The van der Waals surface area contributed by atoms with Crippen LogP contribution in [0.1, 0.15) is 54.7 Å². The van der Waals surface area contributed by atoms with Gasteiger partial charge in [-0.15, -0.1) is 0 Å². The number of benzene rings is 2. The maximum atomic E-state index is 14.2. The highest BCUT2D eigenvalue weighted by Crippen LogP contribution is 2.38. The van der Waals surface area contributed by atoms with Crippen molar-refractivity contribution in [3.05, 3.63) is 64.9 Å². The molecule has 0 radical (unpaired) electrons. The van der Waals surface area contributed by atoms with Gasteiger partial charge in [-0.1, -0.05) is 29.8 Å². The monoisotopic (exact) mass is 639 g/mol. The Hall–Kier alpha value is -3.38. The van der Waals surface area contributed by atoms with E-state index in [9.17, 15) is 26.7 Å². The maximum Gasteiger partial charge on any atom is 0.390 e. The van der Waals surface area contributed by atoms with E-state index >= 15 is 0 Å². The van der Waals surface area contributed by atoms with Gasteiger partial charge in [0.05, 0.1) is 25.3 Å². The van der Waals surface area contributed by atoms with Gasteiger partial charge in [0.25, 0.3) is 6.43 Å². The molecule has 5 rings (SSSR count). The van der Waals surface area contributed by atoms with Crippen LogP contribution in [-0.4, -0.2) is 79.2 Å². The first-order chi connectivity index (χ1) is 21.0. The van der Waals surface area contributed by atoms with Gasteiger partial charge in [-0.25, -0.2) is 13.6 Å². The first-order valence-electron chi connectivity index (χ1n) is 14.8. The molecule has 2 aromatic carbocycles. The molecule has 3 heterocycles. The number of piperazine rings is 1. The van der Waals surface area contributed by atoms with Crippen LogP contribution in [0.5, 0.6) is 0 Å². The smallest absolute Gasteiger partial charge is 0.390 e. The minimum absolute atomic E-state index is 0.0172. The molecule has 0 spiro atoms. The van der Waals surface area contributed by atoms with Gasteiger partial charge in [0.15, 0.2) is 0 Å². The lowest BCUT2D eigenvalue weighted by atomic mass is 9.99. The number of rotatable bonds is 9. The fourth-order valence-corrected chi connectivity index (χ4v) is 6.16. The van der Waals surface area contributed by atoms with E-state index < -0.39 is 30.7 Å². The molecule has 1 aromatic heterocycles. The van der Waals surface area contributed by atoms with Crippen LogP contribution < -0.4 is 9.80 Å². The van der Waals surface area contributed by atoms with Crippen molar-refractivity contribution in [1.29, 1.82) is 0 Å². The highest BCUT2D eigenvalue weighted by molar-refractivity contribution is 6.31.